The van der Waals surface area contributed by atoms with E-state index in [2.05, 4.69) is 48.6 Å². The Morgan fingerprint density at radius 3 is 2.69 bits per heavy atom. The lowest BCUT2D eigenvalue weighted by Gasteiger charge is -2.30. The minimum absolute atomic E-state index is 0.165. The molecule has 0 radical (unpaired) electrons. The molecule has 1 aromatic carbocycles. The number of aromatic hydroxyl groups is 1. The molecule has 39 heavy (non-hydrogen) atoms. The van der Waals surface area contributed by atoms with Gasteiger partial charge in [-0.3, -0.25) is 4.90 Å². The average molecular weight is 527 g/mol. The van der Waals surface area contributed by atoms with Crippen molar-refractivity contribution in [1.29, 1.82) is 0 Å². The average Bonchev–Trinajstić information content (AvgIpc) is 3.16. The van der Waals surface area contributed by atoms with Gasteiger partial charge in [0.25, 0.3) is 0 Å². The first-order valence-corrected chi connectivity index (χ1v) is 13.7. The summed E-state index contributed by atoms with van der Waals surface area (Å²) in [6.07, 6.45) is 5.76. The van der Waals surface area contributed by atoms with E-state index in [9.17, 15) is 5.11 Å². The van der Waals surface area contributed by atoms with E-state index in [0.29, 0.717) is 41.7 Å². The second-order valence-electron chi connectivity index (χ2n) is 10.5. The molecule has 6 rings (SSSR count). The third-order valence-corrected chi connectivity index (χ3v) is 7.84. The van der Waals surface area contributed by atoms with Crippen molar-refractivity contribution in [1.82, 2.24) is 25.1 Å². The number of anilines is 3. The van der Waals surface area contributed by atoms with Crippen LogP contribution < -0.4 is 15.5 Å². The van der Waals surface area contributed by atoms with E-state index < -0.39 is 0 Å². The molecule has 3 aliphatic rings. The molecule has 2 bridgehead atoms. The molecule has 0 aliphatic carbocycles. The molecule has 202 valence electrons. The Bertz CT molecular complexity index is 1380. The molecule has 10 heteroatoms. The predicted octanol–water partition coefficient (Wildman–Crippen LogP) is 2.54. The molecule has 10 nitrogen and oxygen atoms in total. The van der Waals surface area contributed by atoms with Crippen molar-refractivity contribution in [3.8, 4) is 28.8 Å². The van der Waals surface area contributed by atoms with Crippen molar-refractivity contribution in [2.24, 2.45) is 0 Å². The molecule has 0 amide bonds. The number of nitrogens with zero attached hydrogens (tertiary/aromatic N) is 7. The topological polar surface area (TPSA) is 117 Å². The van der Waals surface area contributed by atoms with E-state index in [1.54, 1.807) is 18.3 Å². The minimum atomic E-state index is 0.165. The van der Waals surface area contributed by atoms with Crippen LogP contribution in [-0.4, -0.2) is 87.7 Å². The number of likely N-dealkylation sites (tertiary alicyclic amines) is 1. The first-order chi connectivity index (χ1) is 19.0. The summed E-state index contributed by atoms with van der Waals surface area (Å²) >= 11 is 0. The van der Waals surface area contributed by atoms with Crippen molar-refractivity contribution in [2.45, 2.75) is 44.4 Å². The Kier molecular flexibility index (Phi) is 7.18. The van der Waals surface area contributed by atoms with Gasteiger partial charge in [-0.1, -0.05) is 18.1 Å². The van der Waals surface area contributed by atoms with Crippen LogP contribution in [0.4, 0.5) is 17.3 Å². The highest BCUT2D eigenvalue weighted by atomic mass is 16.5. The Labute approximate surface area is 228 Å². The number of ether oxygens (including phenoxy) is 1. The summed E-state index contributed by atoms with van der Waals surface area (Å²) < 4.78 is 5.92. The van der Waals surface area contributed by atoms with Gasteiger partial charge in [-0.2, -0.15) is 0 Å². The van der Waals surface area contributed by atoms with Crippen LogP contribution in [0.15, 0.2) is 42.6 Å². The zero-order chi connectivity index (χ0) is 26.8. The summed E-state index contributed by atoms with van der Waals surface area (Å²) in [5, 5.41) is 18.7. The van der Waals surface area contributed by atoms with Gasteiger partial charge in [0.05, 0.1) is 30.1 Å². The number of phenols is 1. The highest BCUT2D eigenvalue weighted by Gasteiger charge is 2.33. The molecule has 0 saturated carbocycles. The smallest absolute Gasteiger partial charge is 0.206 e. The van der Waals surface area contributed by atoms with Crippen LogP contribution in [0, 0.1) is 11.8 Å². The first-order valence-electron chi connectivity index (χ1n) is 13.7. The number of aromatic nitrogens is 4. The number of morpholine rings is 1. The van der Waals surface area contributed by atoms with Gasteiger partial charge in [0.2, 0.25) is 5.82 Å². The fourth-order valence-corrected chi connectivity index (χ4v) is 5.73. The Balaban J connectivity index is 1.14. The molecule has 0 spiro atoms. The van der Waals surface area contributed by atoms with Gasteiger partial charge < -0.3 is 25.4 Å². The fourth-order valence-electron chi connectivity index (χ4n) is 5.73. The van der Waals surface area contributed by atoms with E-state index in [0.717, 1.165) is 63.5 Å². The molecule has 3 atom stereocenters. The lowest BCUT2D eigenvalue weighted by molar-refractivity contribution is -0.0337. The maximum absolute atomic E-state index is 10.3. The second kappa shape index (κ2) is 11.0. The van der Waals surface area contributed by atoms with Crippen LogP contribution in [0.25, 0.3) is 11.3 Å². The number of para-hydroxylation sites is 1. The van der Waals surface area contributed by atoms with E-state index in [-0.39, 0.29) is 11.8 Å². The summed E-state index contributed by atoms with van der Waals surface area (Å²) in [7, 11) is 0. The number of fused-ring (bicyclic) bond motifs is 2. The van der Waals surface area contributed by atoms with Gasteiger partial charge in [0.1, 0.15) is 11.6 Å². The van der Waals surface area contributed by atoms with E-state index in [1.807, 2.05) is 24.3 Å². The number of nitrogens with two attached hydrogens (primary N) is 1. The molecule has 3 N–H and O–H groups in total. The SMILES string of the molecule is C[C@@H]1CCN(c2cc(-c3ccccc3O)nnc2N)CCN1c1ccnc(C#CCN2CC3CCC(C2)O3)n1. The largest absolute Gasteiger partial charge is 0.507 e. The maximum atomic E-state index is 10.3. The van der Waals surface area contributed by atoms with Crippen LogP contribution >= 0.6 is 0 Å². The molecule has 3 fully saturated rings. The minimum Gasteiger partial charge on any atom is -0.507 e. The quantitative estimate of drug-likeness (QED) is 0.491. The van der Waals surface area contributed by atoms with Crippen molar-refractivity contribution >= 4 is 17.3 Å². The maximum Gasteiger partial charge on any atom is 0.206 e. The van der Waals surface area contributed by atoms with E-state index in [1.165, 1.54) is 0 Å². The Morgan fingerprint density at radius 2 is 1.87 bits per heavy atom. The molecular weight excluding hydrogens is 492 g/mol. The second-order valence-corrected chi connectivity index (χ2v) is 10.5. The number of nitrogen functional groups attached to an aromatic ring is 1. The third-order valence-electron chi connectivity index (χ3n) is 7.84. The van der Waals surface area contributed by atoms with Gasteiger partial charge >= 0.3 is 0 Å². The molecule has 3 saturated heterocycles. The van der Waals surface area contributed by atoms with Crippen molar-refractivity contribution in [3.63, 3.8) is 0 Å². The zero-order valence-electron chi connectivity index (χ0n) is 22.2. The van der Waals surface area contributed by atoms with E-state index >= 15 is 0 Å². The predicted molar refractivity (Wildman–Crippen MR) is 150 cm³/mol. The number of phenolic OH excluding ortho intramolecular Hbond substituents is 1. The van der Waals surface area contributed by atoms with Crippen LogP contribution in [0.2, 0.25) is 0 Å². The van der Waals surface area contributed by atoms with Crippen LogP contribution in [0.1, 0.15) is 32.0 Å². The summed E-state index contributed by atoms with van der Waals surface area (Å²) in [5.74, 6) is 8.42. The highest BCUT2D eigenvalue weighted by molar-refractivity contribution is 5.74. The van der Waals surface area contributed by atoms with Gasteiger partial charge in [-0.15, -0.1) is 10.2 Å². The molecule has 5 heterocycles. The molecule has 2 unspecified atom stereocenters. The van der Waals surface area contributed by atoms with E-state index in [4.69, 9.17) is 15.5 Å². The number of hydrogen-bond acceptors (Lipinski definition) is 10. The molecule has 3 aliphatic heterocycles. The van der Waals surface area contributed by atoms with Crippen LogP contribution in [-0.2, 0) is 4.74 Å². The highest BCUT2D eigenvalue weighted by Crippen LogP contribution is 2.32. The van der Waals surface area contributed by atoms with Gasteiger partial charge in [0, 0.05) is 50.5 Å². The Morgan fingerprint density at radius 1 is 1.05 bits per heavy atom. The Hall–Kier alpha value is -3.94. The number of rotatable bonds is 4. The van der Waals surface area contributed by atoms with Crippen LogP contribution in [0.3, 0.4) is 0 Å². The molecular formula is C29H34N8O2. The zero-order valence-corrected chi connectivity index (χ0v) is 22.2. The normalized spacial score (nSPS) is 23.3. The van der Waals surface area contributed by atoms with Crippen molar-refractivity contribution in [3.05, 3.63) is 48.4 Å². The summed E-state index contributed by atoms with van der Waals surface area (Å²) in [6.45, 7) is 7.15. The summed E-state index contributed by atoms with van der Waals surface area (Å²) in [4.78, 5) is 16.1. The van der Waals surface area contributed by atoms with Crippen molar-refractivity contribution < 1.29 is 9.84 Å². The molecule has 3 aromatic rings. The summed E-state index contributed by atoms with van der Waals surface area (Å²) in [6, 6.07) is 11.3. The monoisotopic (exact) mass is 526 g/mol. The number of benzene rings is 1. The lowest BCUT2D eigenvalue weighted by atomic mass is 10.1. The molecule has 2 aromatic heterocycles. The van der Waals surface area contributed by atoms with Gasteiger partial charge in [-0.05, 0) is 56.4 Å². The lowest BCUT2D eigenvalue weighted by Crippen LogP contribution is -2.42. The summed E-state index contributed by atoms with van der Waals surface area (Å²) in [5.41, 5.74) is 8.32. The van der Waals surface area contributed by atoms with Gasteiger partial charge in [-0.25, -0.2) is 9.97 Å². The van der Waals surface area contributed by atoms with Crippen LogP contribution in [0.5, 0.6) is 5.75 Å². The van der Waals surface area contributed by atoms with Crippen molar-refractivity contribution in [2.75, 3.05) is 54.8 Å². The standard InChI is InChI=1S/C29H34N8O2/c1-20-11-14-36(25-17-24(33-34-29(25)30)23-5-2-3-6-26(23)38)15-16-37(20)28-10-12-31-27(32-28)7-4-13-35-18-21-8-9-22(19-35)39-21/h2-3,5-6,10,12,17,20-22,38H,8-9,11,13-16,18-19H2,1H3,(H2,30,34)/t20-,21?,22?/m1/s1. The van der Waals surface area contributed by atoms with Gasteiger partial charge in [0.15, 0.2) is 5.82 Å². The fraction of sp³-hybridized carbons (Fsp3) is 0.448. The number of hydrogen-bond donors (Lipinski definition) is 2. The first kappa shape index (κ1) is 25.3. The third kappa shape index (κ3) is 5.60.